The molecule has 166 valence electrons. The summed E-state index contributed by atoms with van der Waals surface area (Å²) in [6.07, 6.45) is 2.28. The predicted octanol–water partition coefficient (Wildman–Crippen LogP) is 3.63. The number of aryl methyl sites for hydroxylation is 1. The van der Waals surface area contributed by atoms with Crippen molar-refractivity contribution in [2.45, 2.75) is 32.6 Å². The van der Waals surface area contributed by atoms with E-state index >= 15 is 0 Å². The van der Waals surface area contributed by atoms with Crippen molar-refractivity contribution in [3.63, 3.8) is 0 Å². The molecule has 0 aliphatic heterocycles. The van der Waals surface area contributed by atoms with Crippen LogP contribution in [0.2, 0.25) is 0 Å². The van der Waals surface area contributed by atoms with E-state index in [0.29, 0.717) is 10.9 Å². The van der Waals surface area contributed by atoms with E-state index in [4.69, 9.17) is 0 Å². The zero-order valence-electron chi connectivity index (χ0n) is 17.5. The Hall–Kier alpha value is -3.56. The molecule has 0 radical (unpaired) electrons. The normalized spacial score (nSPS) is 16.8. The Morgan fingerprint density at radius 3 is 2.53 bits per heavy atom. The summed E-state index contributed by atoms with van der Waals surface area (Å²) in [6.45, 7) is 3.07. The second kappa shape index (κ2) is 7.54. The van der Waals surface area contributed by atoms with Crippen LogP contribution in [-0.2, 0) is 11.8 Å². The Morgan fingerprint density at radius 2 is 1.91 bits per heavy atom. The SMILES string of the molecule is CCC(=O)c1ncc(-c2cc3cnc(NC(=O)[C@H]4CC4(F)F)cc3n(C)c2=O)c(C)c1F. The topological polar surface area (TPSA) is 93.9 Å². The molecule has 0 unspecified atom stereocenters. The molecule has 1 saturated carbocycles. The van der Waals surface area contributed by atoms with E-state index in [1.54, 1.807) is 6.92 Å². The number of halogens is 3. The lowest BCUT2D eigenvalue weighted by Crippen LogP contribution is -2.21. The van der Waals surface area contributed by atoms with E-state index < -0.39 is 41.3 Å². The summed E-state index contributed by atoms with van der Waals surface area (Å²) in [4.78, 5) is 44.8. The molecule has 10 heteroatoms. The number of nitrogens with one attached hydrogen (secondary N) is 1. The summed E-state index contributed by atoms with van der Waals surface area (Å²) in [6, 6.07) is 2.92. The van der Waals surface area contributed by atoms with Gasteiger partial charge in [0.25, 0.3) is 11.5 Å². The second-order valence-corrected chi connectivity index (χ2v) is 7.79. The quantitative estimate of drug-likeness (QED) is 0.607. The number of amides is 1. The van der Waals surface area contributed by atoms with Crippen molar-refractivity contribution in [2.75, 3.05) is 5.32 Å². The van der Waals surface area contributed by atoms with E-state index in [2.05, 4.69) is 15.3 Å². The van der Waals surface area contributed by atoms with Crippen LogP contribution in [0.25, 0.3) is 22.0 Å². The molecule has 0 spiro atoms. The van der Waals surface area contributed by atoms with Crippen molar-refractivity contribution in [1.29, 1.82) is 0 Å². The van der Waals surface area contributed by atoms with Crippen molar-refractivity contribution in [1.82, 2.24) is 14.5 Å². The fraction of sp³-hybridized carbons (Fsp3) is 0.318. The lowest BCUT2D eigenvalue weighted by molar-refractivity contribution is -0.119. The molecule has 1 N–H and O–H groups in total. The number of pyridine rings is 3. The highest BCUT2D eigenvalue weighted by atomic mass is 19.3. The number of rotatable bonds is 5. The van der Waals surface area contributed by atoms with Crippen molar-refractivity contribution < 1.29 is 22.8 Å². The maximum atomic E-state index is 14.7. The van der Waals surface area contributed by atoms with Crippen LogP contribution in [0.3, 0.4) is 0 Å². The van der Waals surface area contributed by atoms with Gasteiger partial charge in [0.05, 0.1) is 5.52 Å². The maximum absolute atomic E-state index is 14.7. The highest BCUT2D eigenvalue weighted by Crippen LogP contribution is 2.49. The van der Waals surface area contributed by atoms with E-state index in [1.165, 1.54) is 43.1 Å². The first-order valence-corrected chi connectivity index (χ1v) is 9.92. The second-order valence-electron chi connectivity index (χ2n) is 7.79. The molecule has 4 rings (SSSR count). The lowest BCUT2D eigenvalue weighted by Gasteiger charge is -2.13. The lowest BCUT2D eigenvalue weighted by atomic mass is 10.0. The molecule has 3 heterocycles. The Bertz CT molecular complexity index is 1350. The minimum atomic E-state index is -3.00. The van der Waals surface area contributed by atoms with Gasteiger partial charge in [-0.05, 0) is 18.6 Å². The molecule has 3 aromatic rings. The van der Waals surface area contributed by atoms with Gasteiger partial charge in [0, 0.05) is 54.9 Å². The predicted molar refractivity (Wildman–Crippen MR) is 111 cm³/mol. The van der Waals surface area contributed by atoms with Gasteiger partial charge in [-0.1, -0.05) is 6.92 Å². The third-order valence-corrected chi connectivity index (χ3v) is 5.64. The first-order chi connectivity index (χ1) is 15.0. The maximum Gasteiger partial charge on any atom is 0.260 e. The van der Waals surface area contributed by atoms with Gasteiger partial charge < -0.3 is 9.88 Å². The zero-order chi connectivity index (χ0) is 23.4. The van der Waals surface area contributed by atoms with Crippen LogP contribution in [0.1, 0.15) is 35.8 Å². The van der Waals surface area contributed by atoms with Gasteiger partial charge in [-0.25, -0.2) is 23.1 Å². The highest BCUT2D eigenvalue weighted by Gasteiger charge is 2.61. The van der Waals surface area contributed by atoms with Gasteiger partial charge in [0.2, 0.25) is 5.91 Å². The number of alkyl halides is 2. The first-order valence-electron chi connectivity index (χ1n) is 9.92. The molecule has 1 aliphatic rings. The molecule has 0 saturated heterocycles. The molecule has 1 amide bonds. The molecule has 1 atom stereocenters. The zero-order valence-corrected chi connectivity index (χ0v) is 17.5. The van der Waals surface area contributed by atoms with E-state index in [-0.39, 0.29) is 34.6 Å². The largest absolute Gasteiger partial charge is 0.311 e. The van der Waals surface area contributed by atoms with Crippen molar-refractivity contribution in [2.24, 2.45) is 13.0 Å². The first kappa shape index (κ1) is 21.7. The van der Waals surface area contributed by atoms with Gasteiger partial charge in [0.15, 0.2) is 11.6 Å². The Kier molecular flexibility index (Phi) is 5.10. The van der Waals surface area contributed by atoms with E-state index in [9.17, 15) is 27.6 Å². The summed E-state index contributed by atoms with van der Waals surface area (Å²) in [5.41, 5.74) is 0.191. The molecule has 7 nitrogen and oxygen atoms in total. The summed E-state index contributed by atoms with van der Waals surface area (Å²) < 4.78 is 42.2. The molecule has 0 aromatic carbocycles. The van der Waals surface area contributed by atoms with Crippen LogP contribution in [-0.4, -0.2) is 32.1 Å². The monoisotopic (exact) mass is 444 g/mol. The molecule has 1 fully saturated rings. The van der Waals surface area contributed by atoms with Crippen molar-refractivity contribution in [3.8, 4) is 11.1 Å². The Morgan fingerprint density at radius 1 is 1.22 bits per heavy atom. The Labute approximate surface area is 180 Å². The third-order valence-electron chi connectivity index (χ3n) is 5.64. The van der Waals surface area contributed by atoms with Crippen LogP contribution in [0.5, 0.6) is 0 Å². The van der Waals surface area contributed by atoms with E-state index in [1.807, 2.05) is 0 Å². The van der Waals surface area contributed by atoms with Crippen LogP contribution in [0, 0.1) is 18.7 Å². The van der Waals surface area contributed by atoms with Gasteiger partial charge in [0.1, 0.15) is 17.4 Å². The summed E-state index contributed by atoms with van der Waals surface area (Å²) in [7, 11) is 1.49. The number of Topliss-reactive ketones (excluding diaryl/α,β-unsaturated/α-hetero) is 1. The van der Waals surface area contributed by atoms with Crippen molar-refractivity contribution in [3.05, 3.63) is 52.0 Å². The van der Waals surface area contributed by atoms with Gasteiger partial charge in [-0.3, -0.25) is 14.4 Å². The summed E-state index contributed by atoms with van der Waals surface area (Å²) >= 11 is 0. The highest BCUT2D eigenvalue weighted by molar-refractivity contribution is 5.97. The molecular formula is C22H19F3N4O3. The number of nitrogens with zero attached hydrogens (tertiary/aromatic N) is 3. The number of anilines is 1. The van der Waals surface area contributed by atoms with Crippen LogP contribution >= 0.6 is 0 Å². The summed E-state index contributed by atoms with van der Waals surface area (Å²) in [5, 5.41) is 2.85. The average Bonchev–Trinajstić information content (AvgIpc) is 3.41. The van der Waals surface area contributed by atoms with Gasteiger partial charge in [-0.15, -0.1) is 0 Å². The number of carbonyl (C=O) groups is 2. The van der Waals surface area contributed by atoms with Gasteiger partial charge in [-0.2, -0.15) is 0 Å². The number of ketones is 1. The molecular weight excluding hydrogens is 425 g/mol. The Balaban J connectivity index is 1.75. The number of aromatic nitrogens is 3. The van der Waals surface area contributed by atoms with E-state index in [0.717, 1.165) is 0 Å². The third kappa shape index (κ3) is 3.55. The van der Waals surface area contributed by atoms with Gasteiger partial charge >= 0.3 is 0 Å². The molecule has 1 aliphatic carbocycles. The van der Waals surface area contributed by atoms with Crippen LogP contribution in [0.4, 0.5) is 19.0 Å². The molecule has 0 bridgehead atoms. The number of fused-ring (bicyclic) bond motifs is 1. The minimum absolute atomic E-state index is 0.0410. The fourth-order valence-electron chi connectivity index (χ4n) is 3.55. The summed E-state index contributed by atoms with van der Waals surface area (Å²) in [5.74, 6) is -6.38. The smallest absolute Gasteiger partial charge is 0.260 e. The number of hydrogen-bond acceptors (Lipinski definition) is 5. The van der Waals surface area contributed by atoms with Crippen molar-refractivity contribution >= 4 is 28.4 Å². The standard InChI is InChI=1S/C22H19F3N4O3/c1-4-16(30)19-18(23)10(2)13(9-27-19)12-5-11-8-26-17(6-15(11)29(3)21(12)32)28-20(31)14-7-22(14,24)25/h5-6,8-9,14H,4,7H2,1-3H3,(H,26,28,31)/t14-/m1/s1. The minimum Gasteiger partial charge on any atom is -0.311 e. The average molecular weight is 444 g/mol. The van der Waals surface area contributed by atoms with Crippen LogP contribution in [0.15, 0.2) is 29.3 Å². The fourth-order valence-corrected chi connectivity index (χ4v) is 3.55. The number of carbonyl (C=O) groups excluding carboxylic acids is 2. The molecule has 32 heavy (non-hydrogen) atoms. The van der Waals surface area contributed by atoms with Crippen LogP contribution < -0.4 is 10.9 Å². The number of hydrogen-bond donors (Lipinski definition) is 1. The molecule has 3 aromatic heterocycles.